The molecule has 0 spiro atoms. The first kappa shape index (κ1) is 15.0. The molecule has 0 unspecified atom stereocenters. The quantitative estimate of drug-likeness (QED) is 0.470. The Hall–Kier alpha value is -0.0800. The molecular formula is C15H31NO. The number of hydroxylamine groups is 2. The van der Waals surface area contributed by atoms with E-state index in [4.69, 9.17) is 0 Å². The summed E-state index contributed by atoms with van der Waals surface area (Å²) in [6, 6.07) is 0. The molecule has 0 aromatic heterocycles. The monoisotopic (exact) mass is 241 g/mol. The fourth-order valence-electron chi connectivity index (χ4n) is 2.83. The Morgan fingerprint density at radius 1 is 0.941 bits per heavy atom. The zero-order valence-electron chi connectivity index (χ0n) is 11.7. The molecule has 0 bridgehead atoms. The molecule has 0 radical (unpaired) electrons. The molecule has 2 heteroatoms. The average molecular weight is 241 g/mol. The first-order chi connectivity index (χ1) is 8.33. The second-order valence-electron chi connectivity index (χ2n) is 5.68. The van der Waals surface area contributed by atoms with Gasteiger partial charge in [-0.05, 0) is 25.2 Å². The van der Waals surface area contributed by atoms with Crippen molar-refractivity contribution in [3.8, 4) is 0 Å². The molecule has 2 nitrogen and oxygen atoms in total. The van der Waals surface area contributed by atoms with E-state index in [9.17, 15) is 5.21 Å². The minimum atomic E-state index is 0.758. The van der Waals surface area contributed by atoms with Crippen LogP contribution in [0.15, 0.2) is 0 Å². The van der Waals surface area contributed by atoms with Crippen molar-refractivity contribution in [1.29, 1.82) is 0 Å². The highest BCUT2D eigenvalue weighted by Crippen LogP contribution is 2.24. The lowest BCUT2D eigenvalue weighted by Crippen LogP contribution is -2.28. The largest absolute Gasteiger partial charge is 0.314 e. The maximum Gasteiger partial charge on any atom is 0.0266 e. The van der Waals surface area contributed by atoms with Crippen LogP contribution in [0.3, 0.4) is 0 Å². The summed E-state index contributed by atoms with van der Waals surface area (Å²) >= 11 is 0. The number of unbranched alkanes of at least 4 members (excludes halogenated alkanes) is 5. The summed E-state index contributed by atoms with van der Waals surface area (Å²) in [6.45, 7) is 4.04. The topological polar surface area (TPSA) is 23.5 Å². The van der Waals surface area contributed by atoms with Gasteiger partial charge in [0, 0.05) is 13.1 Å². The van der Waals surface area contributed by atoms with Crippen LogP contribution in [-0.4, -0.2) is 23.4 Å². The maximum absolute atomic E-state index is 9.84. The van der Waals surface area contributed by atoms with Crippen LogP contribution in [0.1, 0.15) is 77.6 Å². The lowest BCUT2D eigenvalue weighted by Gasteiger charge is -2.25. The third kappa shape index (κ3) is 7.77. The number of rotatable bonds is 9. The van der Waals surface area contributed by atoms with Gasteiger partial charge in [-0.1, -0.05) is 58.3 Å². The SMILES string of the molecule is CCCCCCCCN(O)CC1CCCCC1. The molecule has 1 rings (SSSR count). The Morgan fingerprint density at radius 3 is 2.29 bits per heavy atom. The molecule has 1 aliphatic rings. The van der Waals surface area contributed by atoms with Gasteiger partial charge in [0.05, 0.1) is 0 Å². The molecule has 1 aliphatic carbocycles. The van der Waals surface area contributed by atoms with Gasteiger partial charge in [-0.15, -0.1) is 0 Å². The summed E-state index contributed by atoms with van der Waals surface area (Å²) in [6.07, 6.45) is 14.6. The minimum Gasteiger partial charge on any atom is -0.314 e. The molecule has 0 amide bonds. The molecule has 1 saturated carbocycles. The van der Waals surface area contributed by atoms with Crippen LogP contribution in [0.25, 0.3) is 0 Å². The smallest absolute Gasteiger partial charge is 0.0266 e. The van der Waals surface area contributed by atoms with Gasteiger partial charge in [0.25, 0.3) is 0 Å². The van der Waals surface area contributed by atoms with Crippen molar-refractivity contribution in [3.05, 3.63) is 0 Å². The van der Waals surface area contributed by atoms with Gasteiger partial charge in [0.1, 0.15) is 0 Å². The van der Waals surface area contributed by atoms with Crippen molar-refractivity contribution in [2.24, 2.45) is 5.92 Å². The third-order valence-corrected chi connectivity index (χ3v) is 3.96. The maximum atomic E-state index is 9.84. The summed E-state index contributed by atoms with van der Waals surface area (Å²) < 4.78 is 0. The van der Waals surface area contributed by atoms with Gasteiger partial charge < -0.3 is 5.21 Å². The van der Waals surface area contributed by atoms with Gasteiger partial charge in [0.2, 0.25) is 0 Å². The molecule has 0 heterocycles. The Bertz CT molecular complexity index is 166. The van der Waals surface area contributed by atoms with Crippen molar-refractivity contribution < 1.29 is 5.21 Å². The van der Waals surface area contributed by atoms with Crippen molar-refractivity contribution in [3.63, 3.8) is 0 Å². The molecule has 0 saturated heterocycles. The summed E-state index contributed by atoms with van der Waals surface area (Å²) in [4.78, 5) is 0. The number of nitrogens with zero attached hydrogens (tertiary/aromatic N) is 1. The van der Waals surface area contributed by atoms with Crippen LogP contribution in [0.5, 0.6) is 0 Å². The van der Waals surface area contributed by atoms with Crippen LogP contribution >= 0.6 is 0 Å². The van der Waals surface area contributed by atoms with E-state index in [1.807, 2.05) is 0 Å². The Morgan fingerprint density at radius 2 is 1.59 bits per heavy atom. The van der Waals surface area contributed by atoms with E-state index in [-0.39, 0.29) is 0 Å². The van der Waals surface area contributed by atoms with E-state index < -0.39 is 0 Å². The van der Waals surface area contributed by atoms with Crippen molar-refractivity contribution in [1.82, 2.24) is 5.06 Å². The molecule has 17 heavy (non-hydrogen) atoms. The zero-order chi connectivity index (χ0) is 12.3. The van der Waals surface area contributed by atoms with Crippen LogP contribution in [0, 0.1) is 5.92 Å². The lowest BCUT2D eigenvalue weighted by molar-refractivity contribution is -0.105. The molecule has 0 atom stereocenters. The van der Waals surface area contributed by atoms with Crippen molar-refractivity contribution in [2.45, 2.75) is 77.6 Å². The fourth-order valence-corrected chi connectivity index (χ4v) is 2.83. The summed E-state index contributed by atoms with van der Waals surface area (Å²) in [7, 11) is 0. The predicted molar refractivity (Wildman–Crippen MR) is 73.3 cm³/mol. The molecule has 1 N–H and O–H groups in total. The lowest BCUT2D eigenvalue weighted by atomic mass is 9.89. The van der Waals surface area contributed by atoms with Gasteiger partial charge in [0.15, 0.2) is 0 Å². The van der Waals surface area contributed by atoms with Gasteiger partial charge in [-0.2, -0.15) is 5.06 Å². The standard InChI is InChI=1S/C15H31NO/c1-2-3-4-5-6-10-13-16(17)14-15-11-8-7-9-12-15/h15,17H,2-14H2,1H3. The van der Waals surface area contributed by atoms with E-state index in [1.165, 1.54) is 64.2 Å². The molecule has 1 fully saturated rings. The van der Waals surface area contributed by atoms with E-state index in [1.54, 1.807) is 5.06 Å². The highest BCUT2D eigenvalue weighted by molar-refractivity contribution is 4.67. The van der Waals surface area contributed by atoms with E-state index in [2.05, 4.69) is 6.92 Å². The van der Waals surface area contributed by atoms with Crippen LogP contribution < -0.4 is 0 Å². The highest BCUT2D eigenvalue weighted by Gasteiger charge is 2.15. The van der Waals surface area contributed by atoms with Gasteiger partial charge in [-0.3, -0.25) is 0 Å². The van der Waals surface area contributed by atoms with E-state index >= 15 is 0 Å². The molecule has 0 aromatic rings. The Labute approximate surface area is 107 Å². The van der Waals surface area contributed by atoms with E-state index in [0.29, 0.717) is 0 Å². The first-order valence-electron chi connectivity index (χ1n) is 7.76. The van der Waals surface area contributed by atoms with E-state index in [0.717, 1.165) is 25.4 Å². The van der Waals surface area contributed by atoms with Gasteiger partial charge in [-0.25, -0.2) is 0 Å². The normalized spacial score (nSPS) is 17.8. The van der Waals surface area contributed by atoms with Crippen molar-refractivity contribution in [2.75, 3.05) is 13.1 Å². The first-order valence-corrected chi connectivity index (χ1v) is 7.76. The van der Waals surface area contributed by atoms with Crippen molar-refractivity contribution >= 4 is 0 Å². The van der Waals surface area contributed by atoms with Crippen LogP contribution in [0.2, 0.25) is 0 Å². The molecule has 102 valence electrons. The zero-order valence-corrected chi connectivity index (χ0v) is 11.7. The number of hydrogen-bond donors (Lipinski definition) is 1. The molecular weight excluding hydrogens is 210 g/mol. The van der Waals surface area contributed by atoms with Gasteiger partial charge >= 0.3 is 0 Å². The fraction of sp³-hybridized carbons (Fsp3) is 1.00. The third-order valence-electron chi connectivity index (χ3n) is 3.96. The van der Waals surface area contributed by atoms with Crippen LogP contribution in [0.4, 0.5) is 0 Å². The number of hydrogen-bond acceptors (Lipinski definition) is 2. The summed E-state index contributed by atoms with van der Waals surface area (Å²) in [5.41, 5.74) is 0. The summed E-state index contributed by atoms with van der Waals surface area (Å²) in [5, 5.41) is 11.4. The molecule has 0 aromatic carbocycles. The average Bonchev–Trinajstić information content (AvgIpc) is 2.35. The van der Waals surface area contributed by atoms with Crippen LogP contribution in [-0.2, 0) is 0 Å². The minimum absolute atomic E-state index is 0.758. The highest BCUT2D eigenvalue weighted by atomic mass is 16.5. The Kier molecular flexibility index (Phi) is 8.72. The second kappa shape index (κ2) is 9.90. The summed E-state index contributed by atoms with van der Waals surface area (Å²) in [5.74, 6) is 0.758. The second-order valence-corrected chi connectivity index (χ2v) is 5.68. The molecule has 0 aliphatic heterocycles. The Balaban J connectivity index is 1.91. The predicted octanol–water partition coefficient (Wildman–Crippen LogP) is 4.62.